The summed E-state index contributed by atoms with van der Waals surface area (Å²) in [7, 11) is 0. The van der Waals surface area contributed by atoms with E-state index in [0.717, 1.165) is 12.3 Å². The number of carbonyl (C=O) groups excluding carboxylic acids is 1. The first-order valence-corrected chi connectivity index (χ1v) is 6.45. The number of hydrogen-bond donors (Lipinski definition) is 7. The Kier molecular flexibility index (Phi) is 7.32. The Bertz CT molecular complexity index is 384. The Morgan fingerprint density at radius 3 is 2.32 bits per heavy atom. The fraction of sp³-hybridized carbons (Fsp3) is 0.750. The van der Waals surface area contributed by atoms with Crippen LogP contribution in [0.5, 0.6) is 0 Å². The lowest BCUT2D eigenvalue weighted by Gasteiger charge is -2.39. The third kappa shape index (κ3) is 4.44. The van der Waals surface area contributed by atoms with Gasteiger partial charge in [0.25, 0.3) is 0 Å². The molecule has 7 N–H and O–H groups in total. The SMILES string of the molecule is O=C(CO)C(O)C(O)/C=C/O[C@H]1O[C@H](CO)[C@@H](O)[C@H](O)[C@H]1O. The molecule has 22 heavy (non-hydrogen) atoms. The van der Waals surface area contributed by atoms with Gasteiger partial charge in [0.05, 0.1) is 12.9 Å². The molecule has 10 nitrogen and oxygen atoms in total. The predicted molar refractivity (Wildman–Crippen MR) is 68.1 cm³/mol. The van der Waals surface area contributed by atoms with Crippen molar-refractivity contribution in [3.8, 4) is 0 Å². The lowest BCUT2D eigenvalue weighted by Crippen LogP contribution is -2.58. The summed E-state index contributed by atoms with van der Waals surface area (Å²) < 4.78 is 9.91. The average molecular weight is 324 g/mol. The molecule has 1 saturated heterocycles. The van der Waals surface area contributed by atoms with Crippen molar-refractivity contribution >= 4 is 5.78 Å². The van der Waals surface area contributed by atoms with Gasteiger partial charge in [-0.05, 0) is 6.08 Å². The third-order valence-corrected chi connectivity index (χ3v) is 3.15. The van der Waals surface area contributed by atoms with Crippen LogP contribution >= 0.6 is 0 Å². The molecule has 1 fully saturated rings. The van der Waals surface area contributed by atoms with Crippen LogP contribution in [-0.2, 0) is 14.3 Å². The van der Waals surface area contributed by atoms with Crippen molar-refractivity contribution in [3.05, 3.63) is 12.3 Å². The van der Waals surface area contributed by atoms with E-state index in [-0.39, 0.29) is 0 Å². The largest absolute Gasteiger partial charge is 0.470 e. The fourth-order valence-electron chi connectivity index (χ4n) is 1.77. The van der Waals surface area contributed by atoms with Gasteiger partial charge in [0.15, 0.2) is 5.78 Å². The highest BCUT2D eigenvalue weighted by Crippen LogP contribution is 2.22. The standard InChI is InChI=1S/C12H20O10/c13-3-6(16)8(17)5(15)1-2-21-12-11(20)10(19)9(18)7(4-14)22-12/h1-2,5,7-15,17-20H,3-4H2/b2-1+/t5?,7-,8?,9-,10+,11-,12+/m1/s1. The second-order valence-electron chi connectivity index (χ2n) is 4.72. The van der Waals surface area contributed by atoms with Crippen LogP contribution in [0.2, 0.25) is 0 Å². The molecular formula is C12H20O10. The summed E-state index contributed by atoms with van der Waals surface area (Å²) in [5.41, 5.74) is 0. The summed E-state index contributed by atoms with van der Waals surface area (Å²) in [6.07, 6.45) is -9.19. The normalized spacial score (nSPS) is 35.3. The zero-order chi connectivity index (χ0) is 16.9. The van der Waals surface area contributed by atoms with Crippen LogP contribution in [0, 0.1) is 0 Å². The van der Waals surface area contributed by atoms with Crippen LogP contribution in [0.3, 0.4) is 0 Å². The van der Waals surface area contributed by atoms with Crippen molar-refractivity contribution in [2.75, 3.05) is 13.2 Å². The van der Waals surface area contributed by atoms with Crippen LogP contribution in [0.15, 0.2) is 12.3 Å². The Balaban J connectivity index is 2.59. The molecule has 10 heteroatoms. The molecule has 0 aliphatic carbocycles. The van der Waals surface area contributed by atoms with Gasteiger partial charge >= 0.3 is 0 Å². The van der Waals surface area contributed by atoms with Crippen molar-refractivity contribution in [3.63, 3.8) is 0 Å². The molecule has 1 aliphatic heterocycles. The summed E-state index contributed by atoms with van der Waals surface area (Å²) in [6, 6.07) is 0. The summed E-state index contributed by atoms with van der Waals surface area (Å²) in [5.74, 6) is -0.995. The first-order valence-electron chi connectivity index (χ1n) is 6.45. The van der Waals surface area contributed by atoms with Gasteiger partial charge in [-0.2, -0.15) is 0 Å². The van der Waals surface area contributed by atoms with Gasteiger partial charge in [-0.3, -0.25) is 4.79 Å². The predicted octanol–water partition coefficient (Wildman–Crippen LogP) is -4.40. The number of ketones is 1. The Labute approximate surface area is 125 Å². The van der Waals surface area contributed by atoms with Crippen molar-refractivity contribution in [2.24, 2.45) is 0 Å². The molecule has 0 saturated carbocycles. The van der Waals surface area contributed by atoms with Gasteiger partial charge in [-0.25, -0.2) is 0 Å². The van der Waals surface area contributed by atoms with Crippen molar-refractivity contribution in [2.45, 2.75) is 42.9 Å². The molecule has 1 rings (SSSR count). The molecule has 0 spiro atoms. The molecule has 0 aromatic rings. The molecule has 0 aromatic carbocycles. The first kappa shape index (κ1) is 18.9. The average Bonchev–Trinajstić information content (AvgIpc) is 2.53. The van der Waals surface area contributed by atoms with Gasteiger partial charge in [-0.1, -0.05) is 0 Å². The zero-order valence-electron chi connectivity index (χ0n) is 11.5. The van der Waals surface area contributed by atoms with Crippen LogP contribution in [-0.4, -0.2) is 97.7 Å². The van der Waals surface area contributed by atoms with Gasteiger partial charge < -0.3 is 45.2 Å². The van der Waals surface area contributed by atoms with Gasteiger partial charge in [-0.15, -0.1) is 0 Å². The molecule has 2 unspecified atom stereocenters. The van der Waals surface area contributed by atoms with E-state index < -0.39 is 61.9 Å². The van der Waals surface area contributed by atoms with Crippen molar-refractivity contribution in [1.82, 2.24) is 0 Å². The Morgan fingerprint density at radius 2 is 1.77 bits per heavy atom. The van der Waals surface area contributed by atoms with E-state index in [1.165, 1.54) is 0 Å². The minimum absolute atomic E-state index is 0.624. The fourth-order valence-corrected chi connectivity index (χ4v) is 1.77. The highest BCUT2D eigenvalue weighted by molar-refractivity contribution is 5.84. The quantitative estimate of drug-likeness (QED) is 0.226. The molecule has 0 aromatic heterocycles. The number of ether oxygens (including phenoxy) is 2. The van der Waals surface area contributed by atoms with E-state index in [9.17, 15) is 30.3 Å². The van der Waals surface area contributed by atoms with Crippen LogP contribution in [0.4, 0.5) is 0 Å². The lowest BCUT2D eigenvalue weighted by molar-refractivity contribution is -0.288. The van der Waals surface area contributed by atoms with Gasteiger partial charge in [0, 0.05) is 0 Å². The number of hydrogen-bond acceptors (Lipinski definition) is 10. The van der Waals surface area contributed by atoms with E-state index in [4.69, 9.17) is 19.7 Å². The zero-order valence-corrected chi connectivity index (χ0v) is 11.5. The molecule has 7 atom stereocenters. The monoisotopic (exact) mass is 324 g/mol. The molecule has 1 aliphatic rings. The molecule has 128 valence electrons. The maximum absolute atomic E-state index is 10.9. The summed E-state index contributed by atoms with van der Waals surface area (Å²) in [6.45, 7) is -1.57. The van der Waals surface area contributed by atoms with Crippen molar-refractivity contribution < 1.29 is 50.0 Å². The number of rotatable bonds is 7. The topological polar surface area (TPSA) is 177 Å². The van der Waals surface area contributed by atoms with E-state index in [0.29, 0.717) is 0 Å². The minimum atomic E-state index is -1.85. The number of carbonyl (C=O) groups is 1. The van der Waals surface area contributed by atoms with Gasteiger partial charge in [0.2, 0.25) is 6.29 Å². The van der Waals surface area contributed by atoms with E-state index in [1.807, 2.05) is 0 Å². The number of Topliss-reactive ketones (excluding diaryl/α,β-unsaturated/α-hetero) is 1. The Morgan fingerprint density at radius 1 is 1.14 bits per heavy atom. The summed E-state index contributed by atoms with van der Waals surface area (Å²) >= 11 is 0. The molecular weight excluding hydrogens is 304 g/mol. The van der Waals surface area contributed by atoms with E-state index in [1.54, 1.807) is 0 Å². The highest BCUT2D eigenvalue weighted by atomic mass is 16.7. The second-order valence-corrected chi connectivity index (χ2v) is 4.72. The number of aliphatic hydroxyl groups is 7. The molecule has 0 bridgehead atoms. The molecule has 0 amide bonds. The minimum Gasteiger partial charge on any atom is -0.470 e. The van der Waals surface area contributed by atoms with Crippen LogP contribution < -0.4 is 0 Å². The van der Waals surface area contributed by atoms with Crippen LogP contribution in [0.1, 0.15) is 0 Å². The smallest absolute Gasteiger partial charge is 0.228 e. The number of aliphatic hydroxyl groups excluding tert-OH is 7. The summed E-state index contributed by atoms with van der Waals surface area (Å²) in [5, 5.41) is 64.9. The van der Waals surface area contributed by atoms with Crippen molar-refractivity contribution in [1.29, 1.82) is 0 Å². The van der Waals surface area contributed by atoms with Crippen LogP contribution in [0.25, 0.3) is 0 Å². The lowest BCUT2D eigenvalue weighted by atomic mass is 9.99. The molecule has 1 heterocycles. The molecule has 0 radical (unpaired) electrons. The maximum Gasteiger partial charge on any atom is 0.228 e. The van der Waals surface area contributed by atoms with Gasteiger partial charge in [0.1, 0.15) is 43.2 Å². The third-order valence-electron chi connectivity index (χ3n) is 3.15. The summed E-state index contributed by atoms with van der Waals surface area (Å²) in [4.78, 5) is 10.9. The first-order chi connectivity index (χ1) is 10.3. The maximum atomic E-state index is 10.9. The van der Waals surface area contributed by atoms with E-state index in [2.05, 4.69) is 0 Å². The second kappa shape index (κ2) is 8.50. The Hall–Kier alpha value is -1.11. The highest BCUT2D eigenvalue weighted by Gasteiger charge is 2.44. The van der Waals surface area contributed by atoms with E-state index >= 15 is 0 Å².